The molecule has 0 aliphatic carbocycles. The maximum Gasteiger partial charge on any atom is 0.490 e. The number of carbonyl (C=O) groups excluding carboxylic acids is 2. The quantitative estimate of drug-likeness (QED) is 0.516. The minimum Gasteiger partial charge on any atom is -0.423 e. The first-order valence-corrected chi connectivity index (χ1v) is 5.41. The van der Waals surface area contributed by atoms with Gasteiger partial charge in [-0.2, -0.15) is 0 Å². The van der Waals surface area contributed by atoms with Crippen molar-refractivity contribution in [2.24, 2.45) is 11.7 Å². The first-order valence-electron chi connectivity index (χ1n) is 5.41. The van der Waals surface area contributed by atoms with Crippen LogP contribution in [0.1, 0.15) is 6.42 Å². The summed E-state index contributed by atoms with van der Waals surface area (Å²) in [4.78, 5) is 28.0. The Morgan fingerprint density at radius 3 is 2.67 bits per heavy atom. The maximum atomic E-state index is 11.7. The molecule has 2 heterocycles. The average Bonchev–Trinajstić information content (AvgIpc) is 2.71. The molecule has 1 aromatic heterocycles. The number of pyridine rings is 1. The molecule has 8 heteroatoms. The van der Waals surface area contributed by atoms with Crippen molar-refractivity contribution in [3.8, 4) is 0 Å². The van der Waals surface area contributed by atoms with E-state index in [1.54, 1.807) is 0 Å². The second-order valence-corrected chi connectivity index (χ2v) is 4.13. The van der Waals surface area contributed by atoms with E-state index in [4.69, 9.17) is 15.8 Å². The lowest BCUT2D eigenvalue weighted by Gasteiger charge is -2.15. The van der Waals surface area contributed by atoms with Crippen LogP contribution in [0.25, 0.3) is 0 Å². The maximum absolute atomic E-state index is 11.7. The van der Waals surface area contributed by atoms with E-state index >= 15 is 0 Å². The molecule has 1 aromatic rings. The molecule has 7 nitrogen and oxygen atoms in total. The number of hydrogen-bond donors (Lipinski definition) is 3. The third-order valence-corrected chi connectivity index (χ3v) is 2.87. The molecule has 4 N–H and O–H groups in total. The third kappa shape index (κ3) is 2.34. The van der Waals surface area contributed by atoms with Crippen molar-refractivity contribution in [3.05, 3.63) is 18.3 Å². The van der Waals surface area contributed by atoms with Gasteiger partial charge in [0.2, 0.25) is 11.8 Å². The fraction of sp³-hybridized carbons (Fsp3) is 0.300. The third-order valence-electron chi connectivity index (χ3n) is 2.87. The Kier molecular flexibility index (Phi) is 3.31. The number of aromatic nitrogens is 1. The Morgan fingerprint density at radius 2 is 2.22 bits per heavy atom. The summed E-state index contributed by atoms with van der Waals surface area (Å²) in [6.45, 7) is 0.211. The monoisotopic (exact) mass is 249 g/mol. The minimum absolute atomic E-state index is 0.0847. The molecule has 1 fully saturated rings. The average molecular weight is 249 g/mol. The Bertz CT molecular complexity index is 477. The van der Waals surface area contributed by atoms with Crippen molar-refractivity contribution in [1.29, 1.82) is 0 Å². The van der Waals surface area contributed by atoms with Crippen molar-refractivity contribution in [2.75, 3.05) is 11.4 Å². The number of nitrogens with zero attached hydrogens (tertiary/aromatic N) is 2. The van der Waals surface area contributed by atoms with Crippen LogP contribution in [-0.2, 0) is 9.59 Å². The van der Waals surface area contributed by atoms with Crippen molar-refractivity contribution in [2.45, 2.75) is 6.42 Å². The number of primary amides is 1. The number of nitrogens with two attached hydrogens (primary N) is 1. The Morgan fingerprint density at radius 1 is 1.50 bits per heavy atom. The van der Waals surface area contributed by atoms with Crippen LogP contribution in [0, 0.1) is 5.92 Å². The van der Waals surface area contributed by atoms with Crippen LogP contribution in [0.2, 0.25) is 0 Å². The van der Waals surface area contributed by atoms with Gasteiger partial charge >= 0.3 is 7.12 Å². The fourth-order valence-corrected chi connectivity index (χ4v) is 1.83. The summed E-state index contributed by atoms with van der Waals surface area (Å²) < 4.78 is 0. The van der Waals surface area contributed by atoms with Crippen LogP contribution in [0.4, 0.5) is 5.82 Å². The highest BCUT2D eigenvalue weighted by molar-refractivity contribution is 6.58. The van der Waals surface area contributed by atoms with Crippen molar-refractivity contribution >= 4 is 30.2 Å². The van der Waals surface area contributed by atoms with Gasteiger partial charge in [-0.3, -0.25) is 14.5 Å². The zero-order valence-electron chi connectivity index (χ0n) is 9.48. The van der Waals surface area contributed by atoms with Crippen LogP contribution < -0.4 is 16.1 Å². The van der Waals surface area contributed by atoms with E-state index in [0.29, 0.717) is 5.82 Å². The number of rotatable bonds is 3. The largest absolute Gasteiger partial charge is 0.490 e. The van der Waals surface area contributed by atoms with Crippen molar-refractivity contribution < 1.29 is 19.6 Å². The first-order chi connectivity index (χ1) is 8.49. The molecule has 0 spiro atoms. The molecular weight excluding hydrogens is 237 g/mol. The first kappa shape index (κ1) is 12.5. The van der Waals surface area contributed by atoms with E-state index < -0.39 is 18.9 Å². The highest BCUT2D eigenvalue weighted by Gasteiger charge is 2.34. The van der Waals surface area contributed by atoms with Gasteiger partial charge in [0.15, 0.2) is 0 Å². The van der Waals surface area contributed by atoms with Crippen LogP contribution in [-0.4, -0.2) is 40.5 Å². The number of anilines is 1. The molecule has 1 saturated heterocycles. The van der Waals surface area contributed by atoms with E-state index in [2.05, 4.69) is 4.98 Å². The second-order valence-electron chi connectivity index (χ2n) is 4.13. The van der Waals surface area contributed by atoms with Gasteiger partial charge in [0.25, 0.3) is 0 Å². The van der Waals surface area contributed by atoms with Gasteiger partial charge in [0.05, 0.1) is 5.92 Å². The topological polar surface area (TPSA) is 117 Å². The highest BCUT2D eigenvalue weighted by Crippen LogP contribution is 2.22. The lowest BCUT2D eigenvalue weighted by atomic mass is 9.82. The fourth-order valence-electron chi connectivity index (χ4n) is 1.83. The Balaban J connectivity index is 2.17. The zero-order chi connectivity index (χ0) is 13.3. The zero-order valence-corrected chi connectivity index (χ0v) is 9.48. The summed E-state index contributed by atoms with van der Waals surface area (Å²) in [5.74, 6) is -0.854. The SMILES string of the molecule is NC(=O)C1CC(=O)N(c2ccc(B(O)O)cn2)C1. The van der Waals surface area contributed by atoms with Crippen LogP contribution in [0.15, 0.2) is 18.3 Å². The number of hydrogen-bond acceptors (Lipinski definition) is 5. The van der Waals surface area contributed by atoms with Gasteiger partial charge in [0.1, 0.15) is 5.82 Å². The molecule has 1 aliphatic heterocycles. The summed E-state index contributed by atoms with van der Waals surface area (Å²) in [5.41, 5.74) is 5.39. The second kappa shape index (κ2) is 4.75. The molecule has 1 atom stereocenters. The van der Waals surface area contributed by atoms with Crippen molar-refractivity contribution in [1.82, 2.24) is 4.98 Å². The number of amides is 2. The molecule has 2 rings (SSSR count). The van der Waals surface area contributed by atoms with Gasteiger partial charge in [-0.15, -0.1) is 0 Å². The molecule has 0 radical (unpaired) electrons. The van der Waals surface area contributed by atoms with E-state index in [1.165, 1.54) is 23.2 Å². The van der Waals surface area contributed by atoms with Gasteiger partial charge in [-0.25, -0.2) is 4.98 Å². The number of carbonyl (C=O) groups is 2. The molecule has 0 aromatic carbocycles. The molecular formula is C10H12BN3O4. The standard InChI is InChI=1S/C10H12BN3O4/c12-10(16)6-3-9(15)14(5-6)8-2-1-7(4-13-8)11(17)18/h1-2,4,6,17-18H,3,5H2,(H2,12,16). The minimum atomic E-state index is -1.60. The van der Waals surface area contributed by atoms with E-state index in [9.17, 15) is 9.59 Å². The highest BCUT2D eigenvalue weighted by atomic mass is 16.4. The molecule has 94 valence electrons. The van der Waals surface area contributed by atoms with Gasteiger partial charge in [0, 0.05) is 24.6 Å². The lowest BCUT2D eigenvalue weighted by molar-refractivity contribution is -0.123. The predicted octanol–water partition coefficient (Wildman–Crippen LogP) is -2.40. The van der Waals surface area contributed by atoms with Crippen LogP contribution >= 0.6 is 0 Å². The molecule has 1 unspecified atom stereocenters. The smallest absolute Gasteiger partial charge is 0.423 e. The van der Waals surface area contributed by atoms with E-state index in [1.807, 2.05) is 0 Å². The van der Waals surface area contributed by atoms with Crippen LogP contribution in [0.3, 0.4) is 0 Å². The van der Waals surface area contributed by atoms with Gasteiger partial charge in [-0.05, 0) is 6.07 Å². The van der Waals surface area contributed by atoms with E-state index in [0.717, 1.165) is 0 Å². The summed E-state index contributed by atoms with van der Waals surface area (Å²) in [6.07, 6.45) is 1.35. The molecule has 18 heavy (non-hydrogen) atoms. The van der Waals surface area contributed by atoms with E-state index in [-0.39, 0.29) is 24.3 Å². The normalized spacial score (nSPS) is 19.1. The lowest BCUT2D eigenvalue weighted by Crippen LogP contribution is -2.32. The molecule has 0 saturated carbocycles. The summed E-state index contributed by atoms with van der Waals surface area (Å²) >= 11 is 0. The van der Waals surface area contributed by atoms with Gasteiger partial charge < -0.3 is 15.8 Å². The van der Waals surface area contributed by atoms with Crippen molar-refractivity contribution in [3.63, 3.8) is 0 Å². The molecule has 0 bridgehead atoms. The van der Waals surface area contributed by atoms with Crippen LogP contribution in [0.5, 0.6) is 0 Å². The molecule has 2 amide bonds. The Labute approximate surface area is 103 Å². The van der Waals surface area contributed by atoms with Gasteiger partial charge in [-0.1, -0.05) is 6.07 Å². The summed E-state index contributed by atoms with van der Waals surface area (Å²) in [7, 11) is -1.60. The Hall–Kier alpha value is -1.93. The predicted molar refractivity (Wildman–Crippen MR) is 63.7 cm³/mol. The molecule has 1 aliphatic rings. The summed E-state index contributed by atoms with van der Waals surface area (Å²) in [5, 5.41) is 17.8. The summed E-state index contributed by atoms with van der Waals surface area (Å²) in [6, 6.07) is 2.95.